The molecule has 0 radical (unpaired) electrons. The lowest BCUT2D eigenvalue weighted by Gasteiger charge is -2.28. The van der Waals surface area contributed by atoms with Crippen molar-refractivity contribution in [2.75, 3.05) is 19.6 Å². The third-order valence-corrected chi connectivity index (χ3v) is 6.87. The second kappa shape index (κ2) is 20.7. The molecule has 1 aliphatic rings. The highest BCUT2D eigenvalue weighted by molar-refractivity contribution is 4.75. The van der Waals surface area contributed by atoms with Crippen molar-refractivity contribution in [2.45, 2.75) is 135 Å². The molecule has 1 atom stereocenters. The second-order valence-electron chi connectivity index (χ2n) is 9.57. The molecule has 1 nitrogen and oxygen atoms in total. The van der Waals surface area contributed by atoms with Gasteiger partial charge in [0, 0.05) is 0 Å². The summed E-state index contributed by atoms with van der Waals surface area (Å²) in [4.78, 5) is 2.75. The van der Waals surface area contributed by atoms with Crippen LogP contribution in [0.5, 0.6) is 0 Å². The summed E-state index contributed by atoms with van der Waals surface area (Å²) in [6, 6.07) is 0. The van der Waals surface area contributed by atoms with Crippen LogP contribution in [0.4, 0.5) is 0 Å². The summed E-state index contributed by atoms with van der Waals surface area (Å²) in [5, 5.41) is 0. The van der Waals surface area contributed by atoms with Crippen molar-refractivity contribution < 1.29 is 0 Å². The van der Waals surface area contributed by atoms with Gasteiger partial charge in [0.1, 0.15) is 0 Å². The van der Waals surface area contributed by atoms with E-state index in [0.717, 1.165) is 5.92 Å². The van der Waals surface area contributed by atoms with Crippen molar-refractivity contribution >= 4 is 0 Å². The lowest BCUT2D eigenvalue weighted by molar-refractivity contribution is 0.206. The Morgan fingerprint density at radius 2 is 1.28 bits per heavy atom. The third-order valence-electron chi connectivity index (χ3n) is 6.87. The smallest absolute Gasteiger partial charge is 0.00161 e. The van der Waals surface area contributed by atoms with E-state index in [4.69, 9.17) is 0 Å². The number of rotatable bonds is 20. The first-order chi connectivity index (χ1) is 14.4. The molecule has 1 heteroatoms. The van der Waals surface area contributed by atoms with E-state index in [9.17, 15) is 0 Å². The topological polar surface area (TPSA) is 3.24 Å². The summed E-state index contributed by atoms with van der Waals surface area (Å²) in [6.07, 6.45) is 30.7. The van der Waals surface area contributed by atoms with Crippen molar-refractivity contribution in [3.05, 3.63) is 18.4 Å². The minimum absolute atomic E-state index is 0.987. The van der Waals surface area contributed by atoms with Gasteiger partial charge in [-0.05, 0) is 63.7 Å². The fourth-order valence-electron chi connectivity index (χ4n) is 4.86. The van der Waals surface area contributed by atoms with E-state index in [2.05, 4.69) is 30.2 Å². The predicted molar refractivity (Wildman–Crippen MR) is 132 cm³/mol. The lowest BCUT2D eigenvalue weighted by Crippen LogP contribution is -2.31. The van der Waals surface area contributed by atoms with Crippen LogP contribution >= 0.6 is 0 Å². The van der Waals surface area contributed by atoms with Gasteiger partial charge in [0.15, 0.2) is 0 Å². The molecule has 29 heavy (non-hydrogen) atoms. The molecule has 1 aliphatic heterocycles. The number of allylic oxidation sites excluding steroid dienone is 1. The third kappa shape index (κ3) is 16.9. The normalized spacial score (nSPS) is 15.9. The Kier molecular flexibility index (Phi) is 19.0. The first-order valence-electron chi connectivity index (χ1n) is 13.4. The number of hydrogen-bond donors (Lipinski definition) is 0. The van der Waals surface area contributed by atoms with Crippen LogP contribution in [0.3, 0.4) is 0 Å². The molecule has 0 aromatic carbocycles. The van der Waals surface area contributed by atoms with Gasteiger partial charge >= 0.3 is 0 Å². The molecule has 170 valence electrons. The monoisotopic (exact) mass is 403 g/mol. The molecular formula is C28H53N. The molecule has 1 unspecified atom stereocenters. The molecule has 0 aliphatic carbocycles. The van der Waals surface area contributed by atoms with Gasteiger partial charge in [0.25, 0.3) is 0 Å². The Morgan fingerprint density at radius 1 is 0.724 bits per heavy atom. The van der Waals surface area contributed by atoms with Crippen LogP contribution in [0.1, 0.15) is 135 Å². The van der Waals surface area contributed by atoms with Crippen LogP contribution in [0, 0.1) is 5.92 Å². The largest absolute Gasteiger partial charge is 0.303 e. The van der Waals surface area contributed by atoms with Gasteiger partial charge in [0.2, 0.25) is 0 Å². The van der Waals surface area contributed by atoms with Crippen LogP contribution in [0.15, 0.2) is 18.4 Å². The Bertz CT molecular complexity index is 376. The quantitative estimate of drug-likeness (QED) is 0.145. The SMILES string of the molecule is C=C=CCCCCCCCC(CCCCCCCCCC)CCN1CCCCC1. The number of hydrogen-bond acceptors (Lipinski definition) is 1. The van der Waals surface area contributed by atoms with Crippen molar-refractivity contribution in [3.8, 4) is 0 Å². The van der Waals surface area contributed by atoms with Crippen molar-refractivity contribution in [3.63, 3.8) is 0 Å². The summed E-state index contributed by atoms with van der Waals surface area (Å²) >= 11 is 0. The lowest BCUT2D eigenvalue weighted by atomic mass is 9.91. The Labute approximate surface area is 184 Å². The minimum atomic E-state index is 0.987. The molecular weight excluding hydrogens is 350 g/mol. The standard InChI is InChI=1S/C28H53N/c1-3-5-7-9-11-13-15-18-22-28(24-27-29-25-20-17-21-26-29)23-19-16-14-12-10-8-6-4-2/h5,28H,1,4,6-27H2,2H3. The molecule has 1 rings (SSSR count). The summed E-state index contributed by atoms with van der Waals surface area (Å²) < 4.78 is 0. The van der Waals surface area contributed by atoms with Gasteiger partial charge in [0.05, 0.1) is 0 Å². The van der Waals surface area contributed by atoms with Crippen LogP contribution in [0.2, 0.25) is 0 Å². The first-order valence-corrected chi connectivity index (χ1v) is 13.4. The van der Waals surface area contributed by atoms with Crippen molar-refractivity contribution in [1.82, 2.24) is 4.90 Å². The fourth-order valence-corrected chi connectivity index (χ4v) is 4.86. The Morgan fingerprint density at radius 3 is 1.86 bits per heavy atom. The van der Waals surface area contributed by atoms with Crippen molar-refractivity contribution in [2.24, 2.45) is 5.92 Å². The van der Waals surface area contributed by atoms with Crippen molar-refractivity contribution in [1.29, 1.82) is 0 Å². The molecule has 0 N–H and O–H groups in total. The highest BCUT2D eigenvalue weighted by Gasteiger charge is 2.14. The van der Waals surface area contributed by atoms with Crippen LogP contribution in [-0.4, -0.2) is 24.5 Å². The molecule has 0 bridgehead atoms. The molecule has 1 fully saturated rings. The average Bonchev–Trinajstić information content (AvgIpc) is 2.75. The maximum Gasteiger partial charge on any atom is -0.00161 e. The number of nitrogens with zero attached hydrogens (tertiary/aromatic N) is 1. The highest BCUT2D eigenvalue weighted by atomic mass is 15.1. The zero-order valence-corrected chi connectivity index (χ0v) is 20.1. The zero-order valence-electron chi connectivity index (χ0n) is 20.1. The van der Waals surface area contributed by atoms with Gasteiger partial charge in [-0.1, -0.05) is 110 Å². The van der Waals surface area contributed by atoms with Gasteiger partial charge < -0.3 is 4.90 Å². The van der Waals surface area contributed by atoms with E-state index in [1.165, 1.54) is 148 Å². The van der Waals surface area contributed by atoms with Crippen LogP contribution < -0.4 is 0 Å². The van der Waals surface area contributed by atoms with Crippen LogP contribution in [0.25, 0.3) is 0 Å². The molecule has 0 saturated carbocycles. The summed E-state index contributed by atoms with van der Waals surface area (Å²) in [7, 11) is 0. The summed E-state index contributed by atoms with van der Waals surface area (Å²) in [5.41, 5.74) is 2.89. The second-order valence-corrected chi connectivity index (χ2v) is 9.57. The molecule has 0 amide bonds. The van der Waals surface area contributed by atoms with E-state index in [1.54, 1.807) is 0 Å². The Hall–Kier alpha value is -0.520. The molecule has 1 saturated heterocycles. The molecule has 0 aromatic heterocycles. The highest BCUT2D eigenvalue weighted by Crippen LogP contribution is 2.23. The number of piperidine rings is 1. The molecule has 0 aromatic rings. The Balaban J connectivity index is 2.13. The fraction of sp³-hybridized carbons (Fsp3) is 0.893. The summed E-state index contributed by atoms with van der Waals surface area (Å²) in [5.74, 6) is 0.987. The van der Waals surface area contributed by atoms with E-state index >= 15 is 0 Å². The van der Waals surface area contributed by atoms with Gasteiger partial charge in [-0.3, -0.25) is 0 Å². The number of unbranched alkanes of at least 4 members (excludes halogenated alkanes) is 12. The van der Waals surface area contributed by atoms with E-state index in [1.807, 2.05) is 0 Å². The minimum Gasteiger partial charge on any atom is -0.303 e. The average molecular weight is 404 g/mol. The van der Waals surface area contributed by atoms with Gasteiger partial charge in [-0.2, -0.15) is 0 Å². The van der Waals surface area contributed by atoms with E-state index in [-0.39, 0.29) is 0 Å². The van der Waals surface area contributed by atoms with E-state index in [0.29, 0.717) is 0 Å². The zero-order chi connectivity index (χ0) is 20.8. The molecule has 1 heterocycles. The number of likely N-dealkylation sites (tertiary alicyclic amines) is 1. The maximum absolute atomic E-state index is 3.65. The first kappa shape index (κ1) is 26.5. The van der Waals surface area contributed by atoms with Gasteiger partial charge in [-0.25, -0.2) is 0 Å². The van der Waals surface area contributed by atoms with Gasteiger partial charge in [-0.15, -0.1) is 5.73 Å². The predicted octanol–water partition coefficient (Wildman–Crippen LogP) is 9.08. The van der Waals surface area contributed by atoms with E-state index < -0.39 is 0 Å². The summed E-state index contributed by atoms with van der Waals surface area (Å²) in [6.45, 7) is 10.1. The maximum atomic E-state index is 3.65. The van der Waals surface area contributed by atoms with Crippen LogP contribution in [-0.2, 0) is 0 Å². The molecule has 0 spiro atoms.